The van der Waals surface area contributed by atoms with E-state index in [4.69, 9.17) is 19.3 Å². The van der Waals surface area contributed by atoms with Crippen molar-refractivity contribution in [2.24, 2.45) is 0 Å². The topological polar surface area (TPSA) is 77.0 Å². The molecule has 0 bridgehead atoms. The number of hydrogen-bond donors (Lipinski definition) is 2. The van der Waals surface area contributed by atoms with Crippen molar-refractivity contribution in [1.29, 1.82) is 0 Å². The van der Waals surface area contributed by atoms with E-state index in [1.54, 1.807) is 18.2 Å². The molecule has 0 aliphatic rings. The first kappa shape index (κ1) is 16.3. The smallest absolute Gasteiger partial charge is 0.250 e. The lowest BCUT2D eigenvalue weighted by Crippen LogP contribution is -2.18. The number of benzene rings is 1. The predicted molar refractivity (Wildman–Crippen MR) is 75.3 cm³/mol. The predicted octanol–water partition coefficient (Wildman–Crippen LogP) is 1.43. The highest BCUT2D eigenvalue weighted by Crippen LogP contribution is 2.30. The highest BCUT2D eigenvalue weighted by molar-refractivity contribution is 5.92. The molecule has 6 nitrogen and oxygen atoms in total. The van der Waals surface area contributed by atoms with Crippen molar-refractivity contribution in [1.82, 2.24) is 0 Å². The summed E-state index contributed by atoms with van der Waals surface area (Å²) in [5, 5.41) is 11.5. The third-order valence-corrected chi connectivity index (χ3v) is 2.38. The van der Waals surface area contributed by atoms with Crippen molar-refractivity contribution in [2.45, 2.75) is 13.3 Å². The second kappa shape index (κ2) is 9.17. The summed E-state index contributed by atoms with van der Waals surface area (Å²) >= 11 is 0. The second-order valence-electron chi connectivity index (χ2n) is 4.04. The van der Waals surface area contributed by atoms with Gasteiger partial charge in [-0.3, -0.25) is 4.79 Å². The van der Waals surface area contributed by atoms with E-state index >= 15 is 0 Å². The molecule has 1 amide bonds. The first-order valence-electron chi connectivity index (χ1n) is 6.50. The SMILES string of the molecule is CCCOCC(=O)Nc1ccc(OC)c(OCCO)c1. The minimum absolute atomic E-state index is 0.0205. The number of methoxy groups -OCH3 is 1. The molecule has 0 radical (unpaired) electrons. The van der Waals surface area contributed by atoms with Gasteiger partial charge in [0.15, 0.2) is 11.5 Å². The maximum atomic E-state index is 11.6. The molecule has 0 atom stereocenters. The quantitative estimate of drug-likeness (QED) is 0.670. The standard InChI is InChI=1S/C14H21NO5/c1-3-7-19-10-14(17)15-11-4-5-12(18-2)13(9-11)20-8-6-16/h4-5,9,16H,3,6-8,10H2,1-2H3,(H,15,17). The number of amides is 1. The fourth-order valence-corrected chi connectivity index (χ4v) is 1.53. The van der Waals surface area contributed by atoms with Gasteiger partial charge in [0.05, 0.1) is 13.7 Å². The largest absolute Gasteiger partial charge is 0.493 e. The van der Waals surface area contributed by atoms with Crippen molar-refractivity contribution < 1.29 is 24.1 Å². The van der Waals surface area contributed by atoms with Gasteiger partial charge < -0.3 is 24.6 Å². The summed E-state index contributed by atoms with van der Waals surface area (Å²) < 4.78 is 15.6. The van der Waals surface area contributed by atoms with Gasteiger partial charge in [0, 0.05) is 18.4 Å². The van der Waals surface area contributed by atoms with Gasteiger partial charge in [-0.05, 0) is 18.6 Å². The number of nitrogens with one attached hydrogen (secondary N) is 1. The van der Waals surface area contributed by atoms with Gasteiger partial charge in [-0.25, -0.2) is 0 Å². The number of anilines is 1. The zero-order chi connectivity index (χ0) is 14.8. The molecule has 0 spiro atoms. The van der Waals surface area contributed by atoms with Crippen LogP contribution in [0, 0.1) is 0 Å². The number of aliphatic hydroxyl groups is 1. The first-order chi connectivity index (χ1) is 9.71. The van der Waals surface area contributed by atoms with Gasteiger partial charge in [-0.15, -0.1) is 0 Å². The zero-order valence-corrected chi connectivity index (χ0v) is 11.8. The van der Waals surface area contributed by atoms with Crippen molar-refractivity contribution in [3.05, 3.63) is 18.2 Å². The Morgan fingerprint density at radius 3 is 2.75 bits per heavy atom. The number of ether oxygens (including phenoxy) is 3. The van der Waals surface area contributed by atoms with Crippen LogP contribution >= 0.6 is 0 Å². The Balaban J connectivity index is 2.63. The Labute approximate surface area is 118 Å². The highest BCUT2D eigenvalue weighted by atomic mass is 16.5. The van der Waals surface area contributed by atoms with Crippen LogP contribution in [0.25, 0.3) is 0 Å². The number of carbonyl (C=O) groups is 1. The van der Waals surface area contributed by atoms with E-state index in [1.807, 2.05) is 6.92 Å². The molecule has 2 N–H and O–H groups in total. The van der Waals surface area contributed by atoms with Crippen LogP contribution in [0.1, 0.15) is 13.3 Å². The average Bonchev–Trinajstić information content (AvgIpc) is 2.45. The third-order valence-electron chi connectivity index (χ3n) is 2.38. The van der Waals surface area contributed by atoms with Gasteiger partial charge >= 0.3 is 0 Å². The molecule has 0 aliphatic carbocycles. The lowest BCUT2D eigenvalue weighted by Gasteiger charge is -2.12. The normalized spacial score (nSPS) is 10.2. The van der Waals surface area contributed by atoms with Gasteiger partial charge in [0.2, 0.25) is 5.91 Å². The molecule has 20 heavy (non-hydrogen) atoms. The molecule has 112 valence electrons. The van der Waals surface area contributed by atoms with Crippen LogP contribution in [-0.4, -0.2) is 44.6 Å². The minimum Gasteiger partial charge on any atom is -0.493 e. The fourth-order valence-electron chi connectivity index (χ4n) is 1.53. The lowest BCUT2D eigenvalue weighted by molar-refractivity contribution is -0.120. The summed E-state index contributed by atoms with van der Waals surface area (Å²) in [6.07, 6.45) is 0.870. The van der Waals surface area contributed by atoms with Gasteiger partial charge in [-0.1, -0.05) is 6.92 Å². The molecule has 0 aromatic heterocycles. The molecular formula is C14H21NO5. The zero-order valence-electron chi connectivity index (χ0n) is 11.8. The van der Waals surface area contributed by atoms with Crippen molar-refractivity contribution in [2.75, 3.05) is 38.9 Å². The van der Waals surface area contributed by atoms with Crippen LogP contribution in [0.3, 0.4) is 0 Å². The van der Waals surface area contributed by atoms with E-state index in [1.165, 1.54) is 7.11 Å². The van der Waals surface area contributed by atoms with Gasteiger partial charge in [-0.2, -0.15) is 0 Å². The van der Waals surface area contributed by atoms with Crippen LogP contribution < -0.4 is 14.8 Å². The second-order valence-corrected chi connectivity index (χ2v) is 4.04. The summed E-state index contributed by atoms with van der Waals surface area (Å²) in [5.41, 5.74) is 0.587. The molecule has 1 aromatic carbocycles. The Bertz CT molecular complexity index is 422. The van der Waals surface area contributed by atoms with Gasteiger partial charge in [0.25, 0.3) is 0 Å². The molecule has 0 unspecified atom stereocenters. The molecule has 0 heterocycles. The molecule has 0 fully saturated rings. The van der Waals surface area contributed by atoms with E-state index in [2.05, 4.69) is 5.32 Å². The monoisotopic (exact) mass is 283 g/mol. The van der Waals surface area contributed by atoms with Crippen LogP contribution in [-0.2, 0) is 9.53 Å². The molecule has 0 saturated heterocycles. The van der Waals surface area contributed by atoms with Crippen molar-refractivity contribution >= 4 is 11.6 Å². The van der Waals surface area contributed by atoms with E-state index in [0.717, 1.165) is 6.42 Å². The first-order valence-corrected chi connectivity index (χ1v) is 6.50. The Hall–Kier alpha value is -1.79. The highest BCUT2D eigenvalue weighted by Gasteiger charge is 2.08. The Morgan fingerprint density at radius 2 is 2.10 bits per heavy atom. The molecule has 0 aliphatic heterocycles. The molecule has 6 heteroatoms. The summed E-state index contributed by atoms with van der Waals surface area (Å²) in [5.74, 6) is 0.782. The van der Waals surface area contributed by atoms with Gasteiger partial charge in [0.1, 0.15) is 13.2 Å². The Morgan fingerprint density at radius 1 is 1.30 bits per heavy atom. The Kier molecular flexibility index (Phi) is 7.46. The van der Waals surface area contributed by atoms with Crippen LogP contribution in [0.5, 0.6) is 11.5 Å². The summed E-state index contributed by atoms with van der Waals surface area (Å²) in [6.45, 7) is 2.62. The lowest BCUT2D eigenvalue weighted by atomic mass is 10.2. The molecule has 1 aromatic rings. The van der Waals surface area contributed by atoms with E-state index in [-0.39, 0.29) is 25.7 Å². The van der Waals surface area contributed by atoms with E-state index in [0.29, 0.717) is 23.8 Å². The number of carbonyl (C=O) groups excluding carboxylic acids is 1. The van der Waals surface area contributed by atoms with E-state index < -0.39 is 0 Å². The fraction of sp³-hybridized carbons (Fsp3) is 0.500. The maximum absolute atomic E-state index is 11.6. The van der Waals surface area contributed by atoms with Crippen molar-refractivity contribution in [3.8, 4) is 11.5 Å². The van der Waals surface area contributed by atoms with Crippen LogP contribution in [0.4, 0.5) is 5.69 Å². The summed E-state index contributed by atoms with van der Waals surface area (Å²) in [6, 6.07) is 5.05. The number of hydrogen-bond acceptors (Lipinski definition) is 5. The van der Waals surface area contributed by atoms with Crippen molar-refractivity contribution in [3.63, 3.8) is 0 Å². The third kappa shape index (κ3) is 5.46. The maximum Gasteiger partial charge on any atom is 0.250 e. The van der Waals surface area contributed by atoms with E-state index in [9.17, 15) is 4.79 Å². The number of aliphatic hydroxyl groups excluding tert-OH is 1. The van der Waals surface area contributed by atoms with Crippen LogP contribution in [0.2, 0.25) is 0 Å². The minimum atomic E-state index is -0.225. The molecule has 0 saturated carbocycles. The van der Waals surface area contributed by atoms with Crippen LogP contribution in [0.15, 0.2) is 18.2 Å². The summed E-state index contributed by atoms with van der Waals surface area (Å²) in [4.78, 5) is 11.6. The summed E-state index contributed by atoms with van der Waals surface area (Å²) in [7, 11) is 1.53. The molecular weight excluding hydrogens is 262 g/mol. The molecule has 1 rings (SSSR count). The number of rotatable bonds is 9. The average molecular weight is 283 g/mol.